The maximum absolute atomic E-state index is 14.0. The van der Waals surface area contributed by atoms with Gasteiger partial charge in [-0.15, -0.1) is 22.7 Å². The van der Waals surface area contributed by atoms with E-state index >= 15 is 0 Å². The van der Waals surface area contributed by atoms with Crippen molar-refractivity contribution in [3.8, 4) is 0 Å². The van der Waals surface area contributed by atoms with E-state index < -0.39 is 10.0 Å². The van der Waals surface area contributed by atoms with Gasteiger partial charge in [-0.3, -0.25) is 4.79 Å². The quantitative estimate of drug-likeness (QED) is 0.371. The Morgan fingerprint density at radius 2 is 1.89 bits per heavy atom. The Bertz CT molecular complexity index is 1490. The van der Waals surface area contributed by atoms with Crippen LogP contribution in [-0.2, 0) is 14.8 Å². The zero-order valence-electron chi connectivity index (χ0n) is 20.5. The summed E-state index contributed by atoms with van der Waals surface area (Å²) in [6, 6.07) is 12.4. The molecule has 0 N–H and O–H groups in total. The first-order chi connectivity index (χ1) is 18.4. The highest BCUT2D eigenvalue weighted by molar-refractivity contribution is 7.89. The minimum atomic E-state index is -3.88. The molecule has 0 spiro atoms. The molecule has 2 unspecified atom stereocenters. The normalized spacial score (nSPS) is 23.4. The minimum absolute atomic E-state index is 0.0675. The SMILES string of the molecule is O=C(c1ccc(Cl)c(S(=O)(=O)N2CCOCC2)c1)N1N=C2/C(=C/c3cccs3)CCCC2C1c1cccs1. The van der Waals surface area contributed by atoms with Gasteiger partial charge in [0.15, 0.2) is 0 Å². The van der Waals surface area contributed by atoms with Crippen LogP contribution < -0.4 is 0 Å². The number of benzene rings is 1. The number of ether oxygens (including phenoxy) is 1. The van der Waals surface area contributed by atoms with E-state index in [0.717, 1.165) is 40.3 Å². The van der Waals surface area contributed by atoms with E-state index in [9.17, 15) is 13.2 Å². The van der Waals surface area contributed by atoms with Crippen LogP contribution in [0.2, 0.25) is 5.02 Å². The van der Waals surface area contributed by atoms with Crippen LogP contribution in [0.5, 0.6) is 0 Å². The largest absolute Gasteiger partial charge is 0.379 e. The van der Waals surface area contributed by atoms with E-state index in [1.165, 1.54) is 16.4 Å². The fourth-order valence-electron chi connectivity index (χ4n) is 5.34. The summed E-state index contributed by atoms with van der Waals surface area (Å²) in [5.41, 5.74) is 2.35. The van der Waals surface area contributed by atoms with E-state index in [2.05, 4.69) is 17.5 Å². The van der Waals surface area contributed by atoms with Crippen LogP contribution in [0.3, 0.4) is 0 Å². The number of halogens is 1. The zero-order valence-corrected chi connectivity index (χ0v) is 23.7. The summed E-state index contributed by atoms with van der Waals surface area (Å²) in [5.74, 6) is -0.253. The van der Waals surface area contributed by atoms with E-state index in [-0.39, 0.29) is 46.4 Å². The highest BCUT2D eigenvalue weighted by Crippen LogP contribution is 2.46. The number of sulfonamides is 1. The van der Waals surface area contributed by atoms with E-state index in [1.807, 2.05) is 23.6 Å². The first kappa shape index (κ1) is 25.9. The van der Waals surface area contributed by atoms with Crippen molar-refractivity contribution in [3.05, 3.63) is 79.1 Å². The summed E-state index contributed by atoms with van der Waals surface area (Å²) < 4.78 is 33.4. The zero-order chi connectivity index (χ0) is 26.3. The van der Waals surface area contributed by atoms with Crippen LogP contribution in [-0.4, -0.2) is 55.7 Å². The molecule has 7 nitrogen and oxygen atoms in total. The number of thiophene rings is 2. The molecule has 0 radical (unpaired) electrons. The Hall–Kier alpha value is -2.34. The summed E-state index contributed by atoms with van der Waals surface area (Å²) in [4.78, 5) is 16.2. The molecule has 2 aromatic heterocycles. The number of carbonyl (C=O) groups is 1. The number of morpholine rings is 1. The molecule has 198 valence electrons. The van der Waals surface area contributed by atoms with Gasteiger partial charge in [0.1, 0.15) is 4.90 Å². The molecule has 4 heterocycles. The number of hydrogen-bond donors (Lipinski definition) is 0. The lowest BCUT2D eigenvalue weighted by Crippen LogP contribution is -2.40. The Morgan fingerprint density at radius 1 is 1.11 bits per heavy atom. The molecule has 1 saturated heterocycles. The van der Waals surface area contributed by atoms with Crippen molar-refractivity contribution in [2.75, 3.05) is 26.3 Å². The number of fused-ring (bicyclic) bond motifs is 1. The number of carbonyl (C=O) groups excluding carboxylic acids is 1. The molecule has 0 bridgehead atoms. The lowest BCUT2D eigenvalue weighted by molar-refractivity contribution is 0.0683. The van der Waals surface area contributed by atoms with Crippen molar-refractivity contribution in [1.82, 2.24) is 9.31 Å². The molecule has 1 amide bonds. The van der Waals surface area contributed by atoms with Gasteiger partial charge in [-0.25, -0.2) is 13.4 Å². The third-order valence-electron chi connectivity index (χ3n) is 7.17. The monoisotopic (exact) mass is 587 g/mol. The molecular formula is C27H26ClN3O4S3. The maximum atomic E-state index is 14.0. The third kappa shape index (κ3) is 4.78. The van der Waals surface area contributed by atoms with Crippen molar-refractivity contribution in [1.29, 1.82) is 0 Å². The van der Waals surface area contributed by atoms with E-state index in [4.69, 9.17) is 21.4 Å². The number of amides is 1. The molecule has 6 rings (SSSR count). The Balaban J connectivity index is 1.39. The molecule has 2 fully saturated rings. The van der Waals surface area contributed by atoms with Crippen molar-refractivity contribution in [3.63, 3.8) is 0 Å². The summed E-state index contributed by atoms with van der Waals surface area (Å²) in [7, 11) is -3.88. The molecule has 11 heteroatoms. The molecule has 1 aromatic carbocycles. The molecule has 1 aliphatic carbocycles. The van der Waals surface area contributed by atoms with Gasteiger partial charge < -0.3 is 4.74 Å². The van der Waals surface area contributed by atoms with Gasteiger partial charge in [-0.2, -0.15) is 9.41 Å². The van der Waals surface area contributed by atoms with Gasteiger partial charge in [0, 0.05) is 34.3 Å². The number of allylic oxidation sites excluding steroid dienone is 1. The number of hydrazone groups is 1. The fraction of sp³-hybridized carbons (Fsp3) is 0.333. The second kappa shape index (κ2) is 10.7. The Morgan fingerprint density at radius 3 is 2.63 bits per heavy atom. The molecule has 2 atom stereocenters. The Kier molecular flexibility index (Phi) is 7.28. The van der Waals surface area contributed by atoms with Crippen molar-refractivity contribution in [2.24, 2.45) is 11.0 Å². The van der Waals surface area contributed by atoms with Gasteiger partial charge in [-0.1, -0.05) is 23.7 Å². The van der Waals surface area contributed by atoms with E-state index in [0.29, 0.717) is 13.2 Å². The second-order valence-corrected chi connectivity index (χ2v) is 13.7. The predicted octanol–water partition coefficient (Wildman–Crippen LogP) is 5.92. The first-order valence-electron chi connectivity index (χ1n) is 12.5. The predicted molar refractivity (Wildman–Crippen MR) is 151 cm³/mol. The van der Waals surface area contributed by atoms with Crippen molar-refractivity contribution >= 4 is 62.0 Å². The highest BCUT2D eigenvalue weighted by Gasteiger charge is 2.44. The molecule has 2 aliphatic heterocycles. The van der Waals surface area contributed by atoms with Gasteiger partial charge in [0.05, 0.1) is 30.0 Å². The average Bonchev–Trinajstić information content (AvgIpc) is 3.70. The third-order valence-corrected chi connectivity index (χ3v) is 11.3. The van der Waals surface area contributed by atoms with Crippen molar-refractivity contribution < 1.29 is 17.9 Å². The van der Waals surface area contributed by atoms with Crippen LogP contribution >= 0.6 is 34.3 Å². The molecule has 3 aliphatic rings. The van der Waals surface area contributed by atoms with Gasteiger partial charge in [0.2, 0.25) is 10.0 Å². The summed E-state index contributed by atoms with van der Waals surface area (Å²) >= 11 is 9.65. The van der Waals surface area contributed by atoms with Gasteiger partial charge >= 0.3 is 0 Å². The maximum Gasteiger partial charge on any atom is 0.274 e. The van der Waals surface area contributed by atoms with Crippen LogP contribution in [0.4, 0.5) is 0 Å². The summed E-state index contributed by atoms with van der Waals surface area (Å²) in [5, 5.41) is 10.6. The van der Waals surface area contributed by atoms with E-state index in [1.54, 1.807) is 33.7 Å². The van der Waals surface area contributed by atoms with Crippen LogP contribution in [0.25, 0.3) is 6.08 Å². The first-order valence-corrected chi connectivity index (χ1v) is 16.1. The van der Waals surface area contributed by atoms with Crippen LogP contribution in [0.1, 0.15) is 45.4 Å². The molecule has 3 aromatic rings. The lowest BCUT2D eigenvalue weighted by atomic mass is 9.79. The number of nitrogens with zero attached hydrogens (tertiary/aromatic N) is 3. The summed E-state index contributed by atoms with van der Waals surface area (Å²) in [6.45, 7) is 1.15. The molecular weight excluding hydrogens is 562 g/mol. The standard InChI is InChI=1S/C27H26ClN3O4S3/c28-22-9-8-19(17-24(22)38(33,34)30-10-12-35-13-11-30)27(32)31-26(23-7-3-15-37-23)21-6-1-4-18(25(21)29-31)16-20-5-2-14-36-20/h2-3,5,7-9,14-17,21,26H,1,4,6,10-13H2/b18-16+. The average molecular weight is 588 g/mol. The number of hydrogen-bond acceptors (Lipinski definition) is 7. The van der Waals surface area contributed by atoms with Crippen LogP contribution in [0.15, 0.2) is 68.8 Å². The van der Waals surface area contributed by atoms with Gasteiger partial charge in [0.25, 0.3) is 5.91 Å². The highest BCUT2D eigenvalue weighted by atomic mass is 35.5. The minimum Gasteiger partial charge on any atom is -0.379 e. The smallest absolute Gasteiger partial charge is 0.274 e. The van der Waals surface area contributed by atoms with Gasteiger partial charge in [-0.05, 0) is 72.0 Å². The lowest BCUT2D eigenvalue weighted by Gasteiger charge is -2.29. The molecule has 38 heavy (non-hydrogen) atoms. The number of rotatable bonds is 5. The molecule has 1 saturated carbocycles. The Labute approximate surface area is 235 Å². The summed E-state index contributed by atoms with van der Waals surface area (Å²) in [6.07, 6.45) is 5.05. The second-order valence-electron chi connectivity index (χ2n) is 9.44. The topological polar surface area (TPSA) is 79.3 Å². The van der Waals surface area contributed by atoms with Crippen molar-refractivity contribution in [2.45, 2.75) is 30.2 Å². The van der Waals surface area contributed by atoms with Crippen LogP contribution in [0, 0.1) is 5.92 Å². The fourth-order valence-corrected chi connectivity index (χ4v) is 8.81.